The molecule has 3 rings (SSSR count). The summed E-state index contributed by atoms with van der Waals surface area (Å²) in [5.74, 6) is 3.46. The van der Waals surface area contributed by atoms with Crippen LogP contribution in [0.25, 0.3) is 0 Å². The quantitative estimate of drug-likeness (QED) is 0.804. The minimum Gasteiger partial charge on any atom is -0.356 e. The summed E-state index contributed by atoms with van der Waals surface area (Å²) in [6, 6.07) is 5.29. The number of likely N-dealkylation sites (tertiary alicyclic amines) is 1. The Hall–Kier alpha value is -2.28. The van der Waals surface area contributed by atoms with E-state index in [4.69, 9.17) is 18.0 Å². The first-order valence-corrected chi connectivity index (χ1v) is 9.62. The number of nitrogens with zero attached hydrogens (tertiary/aromatic N) is 4. The third-order valence-electron chi connectivity index (χ3n) is 5.58. The number of aromatic nitrogens is 1. The maximum atomic E-state index is 12.7. The van der Waals surface area contributed by atoms with Gasteiger partial charge in [0, 0.05) is 24.8 Å². The van der Waals surface area contributed by atoms with Crippen molar-refractivity contribution >= 4 is 23.3 Å². The molecule has 0 spiro atoms. The fourth-order valence-electron chi connectivity index (χ4n) is 3.79. The first kappa shape index (κ1) is 19.5. The number of rotatable bonds is 4. The Labute approximate surface area is 165 Å². The Bertz CT molecular complexity index is 736. The van der Waals surface area contributed by atoms with E-state index in [2.05, 4.69) is 34.1 Å². The first-order chi connectivity index (χ1) is 13.0. The molecule has 1 aromatic rings. The zero-order valence-corrected chi connectivity index (χ0v) is 16.2. The number of nitriles is 1. The van der Waals surface area contributed by atoms with E-state index in [1.807, 2.05) is 12.1 Å². The van der Waals surface area contributed by atoms with Gasteiger partial charge in [0.15, 0.2) is 0 Å². The summed E-state index contributed by atoms with van der Waals surface area (Å²) in [7, 11) is 0. The molecule has 0 bridgehead atoms. The monoisotopic (exact) mass is 385 g/mol. The number of amides is 1. The van der Waals surface area contributed by atoms with Crippen molar-refractivity contribution in [3.63, 3.8) is 0 Å². The van der Waals surface area contributed by atoms with Crippen LogP contribution in [-0.2, 0) is 4.79 Å². The molecular formula is C20H24ClN5O. The van der Waals surface area contributed by atoms with E-state index in [1.54, 1.807) is 11.1 Å². The smallest absolute Gasteiger partial charge is 0.238 e. The Morgan fingerprint density at radius 3 is 2.70 bits per heavy atom. The van der Waals surface area contributed by atoms with Crippen LogP contribution in [0.4, 0.5) is 5.82 Å². The number of carbonyl (C=O) groups is 1. The number of piperidine rings is 1. The number of hydrogen-bond donors (Lipinski definition) is 1. The molecule has 1 N–H and O–H groups in total. The number of pyridine rings is 1. The average Bonchev–Trinajstić information content (AvgIpc) is 3.11. The van der Waals surface area contributed by atoms with Crippen LogP contribution in [0.3, 0.4) is 0 Å². The van der Waals surface area contributed by atoms with Gasteiger partial charge in [0.25, 0.3) is 0 Å². The molecule has 1 amide bonds. The minimum absolute atomic E-state index is 0.0926. The lowest BCUT2D eigenvalue weighted by Gasteiger charge is -2.41. The predicted octanol–water partition coefficient (Wildman–Crippen LogP) is 2.20. The van der Waals surface area contributed by atoms with Crippen LogP contribution in [0.1, 0.15) is 32.6 Å². The van der Waals surface area contributed by atoms with Gasteiger partial charge >= 0.3 is 0 Å². The second-order valence-electron chi connectivity index (χ2n) is 7.44. The van der Waals surface area contributed by atoms with Crippen molar-refractivity contribution in [1.82, 2.24) is 15.2 Å². The SMILES string of the molecule is C#C[C@@H]1CCC(C#N)N1C(=O)CNC1(C)CCN(c2ccc(Cl)cn2)CC1. The third kappa shape index (κ3) is 4.35. The number of halogens is 1. The highest BCUT2D eigenvalue weighted by Gasteiger charge is 2.37. The van der Waals surface area contributed by atoms with E-state index < -0.39 is 6.04 Å². The Morgan fingerprint density at radius 2 is 2.11 bits per heavy atom. The molecule has 0 aromatic carbocycles. The van der Waals surface area contributed by atoms with Crippen molar-refractivity contribution in [3.05, 3.63) is 23.4 Å². The molecule has 142 valence electrons. The molecular weight excluding hydrogens is 362 g/mol. The summed E-state index contributed by atoms with van der Waals surface area (Å²) in [5.41, 5.74) is -0.133. The molecule has 3 heterocycles. The lowest BCUT2D eigenvalue weighted by Crippen LogP contribution is -2.55. The second kappa shape index (κ2) is 8.17. The van der Waals surface area contributed by atoms with Gasteiger partial charge in [-0.05, 0) is 44.7 Å². The standard InChI is InChI=1S/C20H24ClN5O/c1-3-16-5-6-17(12-22)26(16)19(27)14-24-20(2)8-10-25(11-9-20)18-7-4-15(21)13-23-18/h1,4,7,13,16-17,24H,5-6,8-11,14H2,2H3/t16-,17?/m1/s1. The molecule has 2 atom stereocenters. The van der Waals surface area contributed by atoms with Gasteiger partial charge in [-0.1, -0.05) is 17.5 Å². The number of anilines is 1. The molecule has 7 heteroatoms. The predicted molar refractivity (Wildman–Crippen MR) is 105 cm³/mol. The van der Waals surface area contributed by atoms with Gasteiger partial charge in [-0.25, -0.2) is 4.98 Å². The summed E-state index contributed by atoms with van der Waals surface area (Å²) >= 11 is 5.90. The fraction of sp³-hybridized carbons (Fsp3) is 0.550. The molecule has 2 aliphatic heterocycles. The Balaban J connectivity index is 1.54. The van der Waals surface area contributed by atoms with Crippen LogP contribution in [0, 0.1) is 23.7 Å². The van der Waals surface area contributed by atoms with Crippen LogP contribution >= 0.6 is 11.6 Å². The van der Waals surface area contributed by atoms with Crippen molar-refractivity contribution in [2.45, 2.75) is 50.2 Å². The highest BCUT2D eigenvalue weighted by Crippen LogP contribution is 2.27. The lowest BCUT2D eigenvalue weighted by molar-refractivity contribution is -0.131. The van der Waals surface area contributed by atoms with Gasteiger partial charge in [-0.2, -0.15) is 5.26 Å². The molecule has 1 aromatic heterocycles. The highest BCUT2D eigenvalue weighted by atomic mass is 35.5. The second-order valence-corrected chi connectivity index (χ2v) is 7.88. The van der Waals surface area contributed by atoms with Crippen LogP contribution in [0.2, 0.25) is 5.02 Å². The van der Waals surface area contributed by atoms with E-state index in [9.17, 15) is 10.1 Å². The van der Waals surface area contributed by atoms with E-state index in [0.717, 1.165) is 31.7 Å². The first-order valence-electron chi connectivity index (χ1n) is 9.24. The topological polar surface area (TPSA) is 72.3 Å². The van der Waals surface area contributed by atoms with Gasteiger partial charge in [0.1, 0.15) is 11.9 Å². The molecule has 0 radical (unpaired) electrons. The summed E-state index contributed by atoms with van der Waals surface area (Å²) < 4.78 is 0. The number of terminal acetylenes is 1. The van der Waals surface area contributed by atoms with Crippen LogP contribution in [-0.4, -0.2) is 53.0 Å². The van der Waals surface area contributed by atoms with Gasteiger partial charge in [0.05, 0.1) is 23.7 Å². The summed E-state index contributed by atoms with van der Waals surface area (Å²) in [6.45, 7) is 4.04. The van der Waals surface area contributed by atoms with Crippen molar-refractivity contribution in [2.24, 2.45) is 0 Å². The fourth-order valence-corrected chi connectivity index (χ4v) is 3.90. The van der Waals surface area contributed by atoms with Crippen molar-refractivity contribution < 1.29 is 4.79 Å². The van der Waals surface area contributed by atoms with Gasteiger partial charge in [-0.3, -0.25) is 4.79 Å². The zero-order valence-electron chi connectivity index (χ0n) is 15.5. The Kier molecular flexibility index (Phi) is 5.89. The largest absolute Gasteiger partial charge is 0.356 e. The summed E-state index contributed by atoms with van der Waals surface area (Å²) in [5, 5.41) is 13.3. The van der Waals surface area contributed by atoms with Gasteiger partial charge in [-0.15, -0.1) is 6.42 Å². The molecule has 1 unspecified atom stereocenters. The van der Waals surface area contributed by atoms with E-state index in [1.165, 1.54) is 0 Å². The molecule has 2 fully saturated rings. The van der Waals surface area contributed by atoms with E-state index in [-0.39, 0.29) is 24.0 Å². The summed E-state index contributed by atoms with van der Waals surface area (Å²) in [6.07, 6.45) is 10.3. The highest BCUT2D eigenvalue weighted by molar-refractivity contribution is 6.30. The number of carbonyl (C=O) groups excluding carboxylic acids is 1. The Morgan fingerprint density at radius 1 is 1.41 bits per heavy atom. The molecule has 0 aliphatic carbocycles. The summed E-state index contributed by atoms with van der Waals surface area (Å²) in [4.78, 5) is 20.8. The van der Waals surface area contributed by atoms with Crippen LogP contribution in [0.5, 0.6) is 0 Å². The normalized spacial score (nSPS) is 24.3. The lowest BCUT2D eigenvalue weighted by atomic mass is 9.89. The third-order valence-corrected chi connectivity index (χ3v) is 5.81. The average molecular weight is 386 g/mol. The molecule has 2 aliphatic rings. The van der Waals surface area contributed by atoms with Gasteiger partial charge in [0.2, 0.25) is 5.91 Å². The number of hydrogen-bond acceptors (Lipinski definition) is 5. The molecule has 27 heavy (non-hydrogen) atoms. The van der Waals surface area contributed by atoms with E-state index in [0.29, 0.717) is 17.9 Å². The minimum atomic E-state index is -0.411. The molecule has 0 saturated carbocycles. The van der Waals surface area contributed by atoms with Crippen molar-refractivity contribution in [2.75, 3.05) is 24.5 Å². The van der Waals surface area contributed by atoms with Crippen LogP contribution in [0.15, 0.2) is 18.3 Å². The maximum absolute atomic E-state index is 12.7. The van der Waals surface area contributed by atoms with Crippen molar-refractivity contribution in [1.29, 1.82) is 5.26 Å². The van der Waals surface area contributed by atoms with Crippen molar-refractivity contribution in [3.8, 4) is 18.4 Å². The zero-order chi connectivity index (χ0) is 19.4. The molecule has 2 saturated heterocycles. The van der Waals surface area contributed by atoms with Gasteiger partial charge < -0.3 is 15.1 Å². The maximum Gasteiger partial charge on any atom is 0.238 e. The van der Waals surface area contributed by atoms with E-state index >= 15 is 0 Å². The molecule has 6 nitrogen and oxygen atoms in total. The van der Waals surface area contributed by atoms with Crippen LogP contribution < -0.4 is 10.2 Å². The number of nitrogens with one attached hydrogen (secondary N) is 1.